The molecule has 118 valence electrons. The van der Waals surface area contributed by atoms with Gasteiger partial charge >= 0.3 is 5.69 Å². The van der Waals surface area contributed by atoms with E-state index in [9.17, 15) is 15.2 Å². The van der Waals surface area contributed by atoms with Gasteiger partial charge in [0.25, 0.3) is 0 Å². The van der Waals surface area contributed by atoms with Crippen molar-refractivity contribution in [2.24, 2.45) is 11.8 Å². The molecule has 0 aromatic carbocycles. The summed E-state index contributed by atoms with van der Waals surface area (Å²) in [6.07, 6.45) is 7.06. The summed E-state index contributed by atoms with van der Waals surface area (Å²) in [5.41, 5.74) is -0.0496. The summed E-state index contributed by atoms with van der Waals surface area (Å²) in [7, 11) is 0. The molecule has 2 rings (SSSR count). The lowest BCUT2D eigenvalue weighted by molar-refractivity contribution is -0.385. The van der Waals surface area contributed by atoms with Crippen molar-refractivity contribution in [3.8, 4) is 0 Å². The number of hydrogen-bond donors (Lipinski definition) is 2. The predicted octanol–water partition coefficient (Wildman–Crippen LogP) is 1.57. The lowest BCUT2D eigenvalue weighted by Gasteiger charge is -2.26. The van der Waals surface area contributed by atoms with Crippen LogP contribution in [0.15, 0.2) is 12.4 Å². The van der Waals surface area contributed by atoms with Crippen LogP contribution in [-0.2, 0) is 6.54 Å². The molecule has 1 aliphatic rings. The zero-order valence-electron chi connectivity index (χ0n) is 12.4. The van der Waals surface area contributed by atoms with E-state index < -0.39 is 11.0 Å². The van der Waals surface area contributed by atoms with Crippen LogP contribution in [0.25, 0.3) is 0 Å². The Hall–Kier alpha value is -1.47. The van der Waals surface area contributed by atoms with Crippen molar-refractivity contribution in [3.63, 3.8) is 0 Å². The molecule has 1 atom stereocenters. The van der Waals surface area contributed by atoms with Crippen molar-refractivity contribution in [3.05, 3.63) is 22.5 Å². The molecule has 1 fully saturated rings. The number of aromatic nitrogens is 2. The van der Waals surface area contributed by atoms with E-state index in [1.165, 1.54) is 42.8 Å². The van der Waals surface area contributed by atoms with E-state index in [2.05, 4.69) is 17.3 Å². The highest BCUT2D eigenvalue weighted by Gasteiger charge is 2.18. The highest BCUT2D eigenvalue weighted by atomic mass is 16.6. The quantitative estimate of drug-likeness (QED) is 0.588. The summed E-state index contributed by atoms with van der Waals surface area (Å²) in [6.45, 7) is 3.99. The van der Waals surface area contributed by atoms with E-state index >= 15 is 0 Å². The zero-order chi connectivity index (χ0) is 15.2. The van der Waals surface area contributed by atoms with Crippen LogP contribution in [-0.4, -0.2) is 39.0 Å². The first-order valence-electron chi connectivity index (χ1n) is 7.60. The molecule has 7 heteroatoms. The van der Waals surface area contributed by atoms with Crippen molar-refractivity contribution >= 4 is 5.69 Å². The third kappa shape index (κ3) is 5.09. The fourth-order valence-corrected chi connectivity index (χ4v) is 2.81. The van der Waals surface area contributed by atoms with E-state index in [1.807, 2.05) is 0 Å². The van der Waals surface area contributed by atoms with Crippen LogP contribution in [0, 0.1) is 22.0 Å². The maximum Gasteiger partial charge on any atom is 0.306 e. The first kappa shape index (κ1) is 15.9. The Morgan fingerprint density at radius 3 is 2.86 bits per heavy atom. The summed E-state index contributed by atoms with van der Waals surface area (Å²) >= 11 is 0. The first-order valence-corrected chi connectivity index (χ1v) is 7.60. The van der Waals surface area contributed by atoms with Gasteiger partial charge in [-0.15, -0.1) is 0 Å². The second-order valence-electron chi connectivity index (χ2n) is 6.12. The van der Waals surface area contributed by atoms with Crippen LogP contribution >= 0.6 is 0 Å². The number of nitrogens with one attached hydrogen (secondary N) is 1. The van der Waals surface area contributed by atoms with Crippen LogP contribution in [0.4, 0.5) is 5.69 Å². The Labute approximate surface area is 124 Å². The Morgan fingerprint density at radius 1 is 1.52 bits per heavy atom. The number of aliphatic hydroxyl groups is 1. The molecular formula is C14H24N4O3. The van der Waals surface area contributed by atoms with Crippen LogP contribution in [0.5, 0.6) is 0 Å². The third-order valence-electron chi connectivity index (χ3n) is 4.18. The average molecular weight is 296 g/mol. The largest absolute Gasteiger partial charge is 0.390 e. The Bertz CT molecular complexity index is 455. The standard InChI is InChI=1S/C14H24N4O3/c1-11-2-4-12(5-3-11)6-15-8-14(19)10-17-9-13(7-16-17)18(20)21/h7,9,11-12,14-15,19H,2-6,8,10H2,1H3. The van der Waals surface area contributed by atoms with Gasteiger partial charge in [0.15, 0.2) is 0 Å². The first-order chi connectivity index (χ1) is 10.0. The number of nitrogens with zero attached hydrogens (tertiary/aromatic N) is 3. The van der Waals surface area contributed by atoms with Gasteiger partial charge in [-0.05, 0) is 31.2 Å². The molecule has 1 saturated carbocycles. The van der Waals surface area contributed by atoms with Gasteiger partial charge in [0, 0.05) is 6.54 Å². The molecule has 1 aromatic rings. The van der Waals surface area contributed by atoms with Crippen molar-refractivity contribution in [1.82, 2.24) is 15.1 Å². The summed E-state index contributed by atoms with van der Waals surface area (Å²) in [6, 6.07) is 0. The molecule has 1 aromatic heterocycles. The molecular weight excluding hydrogens is 272 g/mol. The fourth-order valence-electron chi connectivity index (χ4n) is 2.81. The minimum absolute atomic E-state index is 0.0496. The monoisotopic (exact) mass is 296 g/mol. The Balaban J connectivity index is 1.65. The maximum atomic E-state index is 10.5. The Morgan fingerprint density at radius 2 is 2.24 bits per heavy atom. The van der Waals surface area contributed by atoms with Crippen LogP contribution in [0.1, 0.15) is 32.6 Å². The normalized spacial score (nSPS) is 23.9. The molecule has 1 unspecified atom stereocenters. The summed E-state index contributed by atoms with van der Waals surface area (Å²) in [5.74, 6) is 1.56. The molecule has 1 aliphatic carbocycles. The van der Waals surface area contributed by atoms with E-state index in [4.69, 9.17) is 0 Å². The minimum Gasteiger partial charge on any atom is -0.390 e. The summed E-state index contributed by atoms with van der Waals surface area (Å²) < 4.78 is 1.41. The van der Waals surface area contributed by atoms with Gasteiger partial charge < -0.3 is 10.4 Å². The number of aliphatic hydroxyl groups excluding tert-OH is 1. The van der Waals surface area contributed by atoms with Crippen molar-refractivity contribution in [1.29, 1.82) is 0 Å². The highest BCUT2D eigenvalue weighted by molar-refractivity contribution is 5.20. The van der Waals surface area contributed by atoms with Crippen LogP contribution in [0.3, 0.4) is 0 Å². The second kappa shape index (κ2) is 7.51. The molecule has 1 heterocycles. The van der Waals surface area contributed by atoms with E-state index in [-0.39, 0.29) is 12.2 Å². The zero-order valence-corrected chi connectivity index (χ0v) is 12.4. The number of rotatable bonds is 7. The SMILES string of the molecule is CC1CCC(CNCC(O)Cn2cc([N+](=O)[O-])cn2)CC1. The van der Waals surface area contributed by atoms with Gasteiger partial charge in [0.2, 0.25) is 0 Å². The second-order valence-corrected chi connectivity index (χ2v) is 6.12. The molecule has 0 saturated heterocycles. The van der Waals surface area contributed by atoms with E-state index in [0.717, 1.165) is 12.5 Å². The lowest BCUT2D eigenvalue weighted by Crippen LogP contribution is -2.34. The average Bonchev–Trinajstić information content (AvgIpc) is 2.90. The van der Waals surface area contributed by atoms with Crippen molar-refractivity contribution < 1.29 is 10.0 Å². The smallest absolute Gasteiger partial charge is 0.306 e. The van der Waals surface area contributed by atoms with Crippen molar-refractivity contribution in [2.75, 3.05) is 13.1 Å². The van der Waals surface area contributed by atoms with Gasteiger partial charge in [-0.25, -0.2) is 0 Å². The molecule has 0 radical (unpaired) electrons. The molecule has 0 aliphatic heterocycles. The maximum absolute atomic E-state index is 10.5. The predicted molar refractivity (Wildman–Crippen MR) is 78.9 cm³/mol. The topological polar surface area (TPSA) is 93.2 Å². The van der Waals surface area contributed by atoms with Gasteiger partial charge in [0.1, 0.15) is 12.4 Å². The van der Waals surface area contributed by atoms with Gasteiger partial charge in [-0.2, -0.15) is 5.10 Å². The van der Waals surface area contributed by atoms with Gasteiger partial charge in [-0.1, -0.05) is 19.8 Å². The molecule has 21 heavy (non-hydrogen) atoms. The molecule has 7 nitrogen and oxygen atoms in total. The van der Waals surface area contributed by atoms with Gasteiger partial charge in [0.05, 0.1) is 17.6 Å². The highest BCUT2D eigenvalue weighted by Crippen LogP contribution is 2.27. The lowest BCUT2D eigenvalue weighted by atomic mass is 9.83. The number of nitro groups is 1. The fraction of sp³-hybridized carbons (Fsp3) is 0.786. The minimum atomic E-state index is -0.591. The molecule has 0 bridgehead atoms. The summed E-state index contributed by atoms with van der Waals surface area (Å²) in [4.78, 5) is 10.1. The molecule has 2 N–H and O–H groups in total. The third-order valence-corrected chi connectivity index (χ3v) is 4.18. The van der Waals surface area contributed by atoms with Crippen LogP contribution in [0.2, 0.25) is 0 Å². The van der Waals surface area contributed by atoms with E-state index in [0.29, 0.717) is 12.5 Å². The van der Waals surface area contributed by atoms with Crippen molar-refractivity contribution in [2.45, 2.75) is 45.3 Å². The van der Waals surface area contributed by atoms with Crippen LogP contribution < -0.4 is 5.32 Å². The van der Waals surface area contributed by atoms with Gasteiger partial charge in [-0.3, -0.25) is 14.8 Å². The molecule has 0 spiro atoms. The number of hydrogen-bond acceptors (Lipinski definition) is 5. The van der Waals surface area contributed by atoms with E-state index in [1.54, 1.807) is 0 Å². The molecule has 0 amide bonds. The summed E-state index contributed by atoms with van der Waals surface area (Å²) in [5, 5.41) is 27.6. The Kier molecular flexibility index (Phi) is 5.69.